The van der Waals surface area contributed by atoms with Gasteiger partial charge in [-0.2, -0.15) is 0 Å². The molecular weight excluding hydrogens is 388 g/mol. The number of carbonyl (C=O) groups excluding carboxylic acids is 1. The lowest BCUT2D eigenvalue weighted by atomic mass is 10.0. The third-order valence-corrected chi connectivity index (χ3v) is 6.07. The Balaban J connectivity index is 1.74. The van der Waals surface area contributed by atoms with Gasteiger partial charge in [0, 0.05) is 20.5 Å². The maximum atomic E-state index is 11.9. The van der Waals surface area contributed by atoms with Gasteiger partial charge in [-0.15, -0.1) is 11.8 Å². The Labute approximate surface area is 156 Å². The Morgan fingerprint density at radius 2 is 2.21 bits per heavy atom. The van der Waals surface area contributed by atoms with Gasteiger partial charge >= 0.3 is 5.97 Å². The monoisotopic (exact) mass is 412 g/mol. The van der Waals surface area contributed by atoms with E-state index in [1.807, 2.05) is 18.2 Å². The summed E-state index contributed by atoms with van der Waals surface area (Å²) in [6.45, 7) is 4.91. The van der Waals surface area contributed by atoms with Crippen molar-refractivity contribution in [3.05, 3.63) is 28.9 Å². The van der Waals surface area contributed by atoms with Crippen LogP contribution in [-0.2, 0) is 9.53 Å². The molecular formula is C19H25BrO3S. The molecule has 2 aromatic rings. The number of carbonyl (C=O) groups is 1. The fourth-order valence-electron chi connectivity index (χ4n) is 2.50. The molecule has 0 amide bonds. The Morgan fingerprint density at radius 1 is 1.38 bits per heavy atom. The van der Waals surface area contributed by atoms with E-state index in [1.165, 1.54) is 12.8 Å². The van der Waals surface area contributed by atoms with E-state index in [0.29, 0.717) is 24.7 Å². The highest BCUT2D eigenvalue weighted by atomic mass is 79.9. The number of furan rings is 1. The minimum Gasteiger partial charge on any atom is -0.465 e. The second-order valence-corrected chi connectivity index (χ2v) is 7.93. The number of rotatable bonds is 10. The Hall–Kier alpha value is -0.940. The molecule has 0 bridgehead atoms. The predicted octanol–water partition coefficient (Wildman–Crippen LogP) is 6.44. The standard InChI is InChI=1S/C19H25BrO3S/c1-3-5-6-14(4-2)13-23-19(21)8-10-24-18-12-17-15(7-9-22-17)11-16(18)20/h7,9,11-12,14H,3-6,8,10,13H2,1-2H3. The summed E-state index contributed by atoms with van der Waals surface area (Å²) < 4.78 is 11.9. The Morgan fingerprint density at radius 3 is 2.96 bits per heavy atom. The second-order valence-electron chi connectivity index (χ2n) is 5.94. The first kappa shape index (κ1) is 19.4. The molecule has 1 unspecified atom stereocenters. The first-order chi connectivity index (χ1) is 11.6. The van der Waals surface area contributed by atoms with Crippen LogP contribution in [0.4, 0.5) is 0 Å². The zero-order valence-corrected chi connectivity index (χ0v) is 16.7. The van der Waals surface area contributed by atoms with Gasteiger partial charge in [-0.1, -0.05) is 33.1 Å². The molecule has 0 aliphatic heterocycles. The highest BCUT2D eigenvalue weighted by molar-refractivity contribution is 9.10. The maximum Gasteiger partial charge on any atom is 0.306 e. The van der Waals surface area contributed by atoms with Crippen molar-refractivity contribution in [2.24, 2.45) is 5.92 Å². The lowest BCUT2D eigenvalue weighted by Gasteiger charge is -2.14. The third-order valence-electron chi connectivity index (χ3n) is 4.09. The number of unbranched alkanes of at least 4 members (excludes halogenated alkanes) is 1. The summed E-state index contributed by atoms with van der Waals surface area (Å²) in [5.41, 5.74) is 0.866. The molecule has 2 rings (SSSR count). The van der Waals surface area contributed by atoms with Crippen molar-refractivity contribution in [2.75, 3.05) is 12.4 Å². The van der Waals surface area contributed by atoms with Crippen LogP contribution in [0, 0.1) is 5.92 Å². The van der Waals surface area contributed by atoms with Gasteiger partial charge in [0.25, 0.3) is 0 Å². The molecule has 5 heteroatoms. The van der Waals surface area contributed by atoms with E-state index >= 15 is 0 Å². The SMILES string of the molecule is CCCCC(CC)COC(=O)CCSc1cc2occc2cc1Br. The fraction of sp³-hybridized carbons (Fsp3) is 0.526. The van der Waals surface area contributed by atoms with Gasteiger partial charge in [-0.05, 0) is 46.5 Å². The van der Waals surface area contributed by atoms with Crippen LogP contribution in [0.3, 0.4) is 0 Å². The molecule has 1 aromatic carbocycles. The number of benzene rings is 1. The molecule has 0 radical (unpaired) electrons. The molecule has 1 atom stereocenters. The van der Waals surface area contributed by atoms with Crippen LogP contribution in [0.1, 0.15) is 46.0 Å². The fourth-order valence-corrected chi connectivity index (χ4v) is 4.08. The van der Waals surface area contributed by atoms with Crippen molar-refractivity contribution >= 4 is 44.6 Å². The lowest BCUT2D eigenvalue weighted by molar-refractivity contribution is -0.144. The molecule has 132 valence electrons. The number of thioether (sulfide) groups is 1. The minimum absolute atomic E-state index is 0.104. The number of esters is 1. The molecule has 0 saturated heterocycles. The molecule has 0 aliphatic carbocycles. The van der Waals surface area contributed by atoms with Crippen LogP contribution in [-0.4, -0.2) is 18.3 Å². The number of hydrogen-bond acceptors (Lipinski definition) is 4. The lowest BCUT2D eigenvalue weighted by Crippen LogP contribution is -2.14. The number of hydrogen-bond donors (Lipinski definition) is 0. The quantitative estimate of drug-likeness (QED) is 0.332. The molecule has 1 aromatic heterocycles. The van der Waals surface area contributed by atoms with E-state index in [4.69, 9.17) is 9.15 Å². The summed E-state index contributed by atoms with van der Waals surface area (Å²) in [7, 11) is 0. The van der Waals surface area contributed by atoms with Crippen LogP contribution in [0.25, 0.3) is 11.0 Å². The molecule has 0 saturated carbocycles. The van der Waals surface area contributed by atoms with Gasteiger partial charge in [0.2, 0.25) is 0 Å². The van der Waals surface area contributed by atoms with Crippen LogP contribution >= 0.6 is 27.7 Å². The van der Waals surface area contributed by atoms with E-state index in [9.17, 15) is 4.79 Å². The average Bonchev–Trinajstić information content (AvgIpc) is 3.02. The molecule has 1 heterocycles. The van der Waals surface area contributed by atoms with Gasteiger partial charge in [0.1, 0.15) is 5.58 Å². The van der Waals surface area contributed by atoms with Crippen molar-refractivity contribution in [3.63, 3.8) is 0 Å². The van der Waals surface area contributed by atoms with Crippen LogP contribution < -0.4 is 0 Å². The van der Waals surface area contributed by atoms with Crippen molar-refractivity contribution < 1.29 is 13.9 Å². The van der Waals surface area contributed by atoms with Gasteiger partial charge in [-0.25, -0.2) is 0 Å². The molecule has 24 heavy (non-hydrogen) atoms. The summed E-state index contributed by atoms with van der Waals surface area (Å²) in [6.07, 6.45) is 6.72. The number of halogens is 1. The number of fused-ring (bicyclic) bond motifs is 1. The second kappa shape index (κ2) is 10.1. The largest absolute Gasteiger partial charge is 0.465 e. The summed E-state index contributed by atoms with van der Waals surface area (Å²) in [5, 5.41) is 1.07. The van der Waals surface area contributed by atoms with Crippen molar-refractivity contribution in [2.45, 2.75) is 50.8 Å². The molecule has 0 N–H and O–H groups in total. The summed E-state index contributed by atoms with van der Waals surface area (Å²) >= 11 is 5.21. The van der Waals surface area contributed by atoms with Crippen molar-refractivity contribution in [3.8, 4) is 0 Å². The summed E-state index contributed by atoms with van der Waals surface area (Å²) in [6, 6.07) is 5.99. The van der Waals surface area contributed by atoms with Crippen molar-refractivity contribution in [1.82, 2.24) is 0 Å². The molecule has 0 fully saturated rings. The zero-order valence-electron chi connectivity index (χ0n) is 14.3. The smallest absolute Gasteiger partial charge is 0.306 e. The summed E-state index contributed by atoms with van der Waals surface area (Å²) in [4.78, 5) is 13.0. The van der Waals surface area contributed by atoms with Crippen LogP contribution in [0.2, 0.25) is 0 Å². The maximum absolute atomic E-state index is 11.9. The van der Waals surface area contributed by atoms with E-state index in [1.54, 1.807) is 18.0 Å². The highest BCUT2D eigenvalue weighted by Crippen LogP contribution is 2.32. The average molecular weight is 413 g/mol. The molecule has 3 nitrogen and oxygen atoms in total. The zero-order chi connectivity index (χ0) is 17.4. The highest BCUT2D eigenvalue weighted by Gasteiger charge is 2.11. The first-order valence-electron chi connectivity index (χ1n) is 8.59. The van der Waals surface area contributed by atoms with Crippen LogP contribution in [0.15, 0.2) is 38.2 Å². The Bertz CT molecular complexity index is 653. The number of ether oxygens (including phenoxy) is 1. The minimum atomic E-state index is -0.104. The van der Waals surface area contributed by atoms with E-state index in [0.717, 1.165) is 33.2 Å². The van der Waals surface area contributed by atoms with Crippen molar-refractivity contribution in [1.29, 1.82) is 0 Å². The summed E-state index contributed by atoms with van der Waals surface area (Å²) in [5.74, 6) is 1.10. The van der Waals surface area contributed by atoms with Gasteiger partial charge in [-0.3, -0.25) is 4.79 Å². The van der Waals surface area contributed by atoms with E-state index in [2.05, 4.69) is 29.8 Å². The van der Waals surface area contributed by atoms with Crippen LogP contribution in [0.5, 0.6) is 0 Å². The van der Waals surface area contributed by atoms with E-state index in [-0.39, 0.29) is 5.97 Å². The first-order valence-corrected chi connectivity index (χ1v) is 10.4. The predicted molar refractivity (Wildman–Crippen MR) is 104 cm³/mol. The topological polar surface area (TPSA) is 39.4 Å². The molecule has 0 spiro atoms. The van der Waals surface area contributed by atoms with Gasteiger partial charge in [0.15, 0.2) is 0 Å². The van der Waals surface area contributed by atoms with Gasteiger partial charge in [0.05, 0.1) is 19.3 Å². The van der Waals surface area contributed by atoms with E-state index < -0.39 is 0 Å². The molecule has 0 aliphatic rings. The Kier molecular flexibility index (Phi) is 8.19. The normalized spacial score (nSPS) is 12.5. The third kappa shape index (κ3) is 5.85. The van der Waals surface area contributed by atoms with Gasteiger partial charge < -0.3 is 9.15 Å².